The SMILES string of the molecule is O=C(COc1ccc(NC(=O)c2ccco2)cc1)c1ccc2c(c1)OCO2. The zero-order valence-electron chi connectivity index (χ0n) is 14.1. The van der Waals surface area contributed by atoms with Crippen LogP contribution in [0.2, 0.25) is 0 Å². The summed E-state index contributed by atoms with van der Waals surface area (Å²) in [5, 5.41) is 2.71. The van der Waals surface area contributed by atoms with Gasteiger partial charge in [-0.3, -0.25) is 9.59 Å². The van der Waals surface area contributed by atoms with E-state index in [9.17, 15) is 9.59 Å². The van der Waals surface area contributed by atoms with E-state index in [1.807, 2.05) is 0 Å². The second-order valence-electron chi connectivity index (χ2n) is 5.74. The van der Waals surface area contributed by atoms with Crippen LogP contribution in [-0.2, 0) is 0 Å². The first kappa shape index (κ1) is 16.7. The summed E-state index contributed by atoms with van der Waals surface area (Å²) in [5.74, 6) is 1.40. The highest BCUT2D eigenvalue weighted by Crippen LogP contribution is 2.32. The highest BCUT2D eigenvalue weighted by molar-refractivity contribution is 6.02. The number of rotatable bonds is 6. The fraction of sp³-hybridized carbons (Fsp3) is 0.100. The third kappa shape index (κ3) is 3.77. The number of carbonyl (C=O) groups is 2. The third-order valence-corrected chi connectivity index (χ3v) is 3.92. The minimum Gasteiger partial charge on any atom is -0.485 e. The molecule has 1 aromatic heterocycles. The number of hydrogen-bond donors (Lipinski definition) is 1. The van der Waals surface area contributed by atoms with Gasteiger partial charge in [-0.1, -0.05) is 0 Å². The van der Waals surface area contributed by atoms with Gasteiger partial charge in [-0.25, -0.2) is 0 Å². The van der Waals surface area contributed by atoms with Crippen LogP contribution in [0.4, 0.5) is 5.69 Å². The van der Waals surface area contributed by atoms with Gasteiger partial charge >= 0.3 is 0 Å². The Morgan fingerprint density at radius 1 is 1.00 bits per heavy atom. The smallest absolute Gasteiger partial charge is 0.291 e. The number of amides is 1. The molecular formula is C20H15NO6. The van der Waals surface area contributed by atoms with E-state index in [2.05, 4.69) is 5.32 Å². The van der Waals surface area contributed by atoms with Gasteiger partial charge in [0.05, 0.1) is 6.26 Å². The molecule has 27 heavy (non-hydrogen) atoms. The van der Waals surface area contributed by atoms with Crippen LogP contribution in [0.15, 0.2) is 65.3 Å². The van der Waals surface area contributed by atoms with E-state index in [0.717, 1.165) is 0 Å². The Morgan fingerprint density at radius 3 is 2.59 bits per heavy atom. The lowest BCUT2D eigenvalue weighted by Gasteiger charge is -2.08. The van der Waals surface area contributed by atoms with Crippen molar-refractivity contribution in [2.24, 2.45) is 0 Å². The van der Waals surface area contributed by atoms with Crippen LogP contribution in [0.1, 0.15) is 20.9 Å². The molecule has 0 atom stereocenters. The molecule has 0 aliphatic carbocycles. The molecule has 0 fully saturated rings. The number of anilines is 1. The molecule has 1 aliphatic rings. The molecule has 2 heterocycles. The highest BCUT2D eigenvalue weighted by atomic mass is 16.7. The maximum atomic E-state index is 12.3. The summed E-state index contributed by atoms with van der Waals surface area (Å²) in [6.45, 7) is 0.0457. The summed E-state index contributed by atoms with van der Waals surface area (Å²) in [6.07, 6.45) is 1.43. The molecule has 1 aliphatic heterocycles. The normalized spacial score (nSPS) is 11.9. The number of benzene rings is 2. The Balaban J connectivity index is 1.33. The number of Topliss-reactive ketones (excluding diaryl/α,β-unsaturated/α-hetero) is 1. The molecule has 1 N–H and O–H groups in total. The Hall–Kier alpha value is -3.74. The van der Waals surface area contributed by atoms with Crippen molar-refractivity contribution in [3.8, 4) is 17.2 Å². The molecule has 0 saturated heterocycles. The van der Waals surface area contributed by atoms with Crippen molar-refractivity contribution in [3.05, 3.63) is 72.2 Å². The Bertz CT molecular complexity index is 963. The van der Waals surface area contributed by atoms with E-state index >= 15 is 0 Å². The molecule has 2 aromatic carbocycles. The lowest BCUT2D eigenvalue weighted by Crippen LogP contribution is -2.12. The average Bonchev–Trinajstić information content (AvgIpc) is 3.38. The number of carbonyl (C=O) groups excluding carboxylic acids is 2. The van der Waals surface area contributed by atoms with Crippen LogP contribution >= 0.6 is 0 Å². The van der Waals surface area contributed by atoms with Crippen LogP contribution in [0.3, 0.4) is 0 Å². The zero-order chi connectivity index (χ0) is 18.6. The molecule has 7 heteroatoms. The molecule has 0 bridgehead atoms. The first-order chi connectivity index (χ1) is 13.2. The molecule has 0 unspecified atom stereocenters. The van der Waals surface area contributed by atoms with E-state index in [1.54, 1.807) is 54.6 Å². The standard InChI is InChI=1S/C20H15NO6/c22-16(13-3-8-17-19(10-13)27-12-26-17)11-25-15-6-4-14(5-7-15)21-20(23)18-2-1-9-24-18/h1-10H,11-12H2,(H,21,23). The van der Waals surface area contributed by atoms with Gasteiger partial charge in [0.15, 0.2) is 29.6 Å². The van der Waals surface area contributed by atoms with Crippen LogP contribution in [0, 0.1) is 0 Å². The molecule has 3 aromatic rings. The average molecular weight is 365 g/mol. The molecule has 0 radical (unpaired) electrons. The van der Waals surface area contributed by atoms with Gasteiger partial charge in [0.1, 0.15) is 5.75 Å². The number of ether oxygens (including phenoxy) is 3. The molecular weight excluding hydrogens is 350 g/mol. The van der Waals surface area contributed by atoms with Gasteiger partial charge in [0, 0.05) is 11.3 Å². The van der Waals surface area contributed by atoms with Gasteiger partial charge in [-0.05, 0) is 54.6 Å². The molecule has 1 amide bonds. The second-order valence-corrected chi connectivity index (χ2v) is 5.74. The first-order valence-corrected chi connectivity index (χ1v) is 8.19. The zero-order valence-corrected chi connectivity index (χ0v) is 14.1. The summed E-state index contributed by atoms with van der Waals surface area (Å²) in [5.41, 5.74) is 1.08. The quantitative estimate of drug-likeness (QED) is 0.673. The maximum Gasteiger partial charge on any atom is 0.291 e. The summed E-state index contributed by atoms with van der Waals surface area (Å²) in [6, 6.07) is 14.9. The summed E-state index contributed by atoms with van der Waals surface area (Å²) < 4.78 is 21.0. The van der Waals surface area contributed by atoms with Gasteiger partial charge in [0.2, 0.25) is 6.79 Å². The van der Waals surface area contributed by atoms with Crippen molar-refractivity contribution in [3.63, 3.8) is 0 Å². The molecule has 136 valence electrons. The van der Waals surface area contributed by atoms with E-state index < -0.39 is 0 Å². The topological polar surface area (TPSA) is 87.0 Å². The molecule has 0 spiro atoms. The van der Waals surface area contributed by atoms with E-state index in [4.69, 9.17) is 18.6 Å². The molecule has 4 rings (SSSR count). The van der Waals surface area contributed by atoms with Crippen LogP contribution in [0.5, 0.6) is 17.2 Å². The number of furan rings is 1. The second kappa shape index (κ2) is 7.25. The lowest BCUT2D eigenvalue weighted by atomic mass is 10.1. The monoisotopic (exact) mass is 365 g/mol. The number of fused-ring (bicyclic) bond motifs is 1. The van der Waals surface area contributed by atoms with Crippen molar-refractivity contribution in [1.29, 1.82) is 0 Å². The summed E-state index contributed by atoms with van der Waals surface area (Å²) in [7, 11) is 0. The molecule has 7 nitrogen and oxygen atoms in total. The minimum atomic E-state index is -0.341. The lowest BCUT2D eigenvalue weighted by molar-refractivity contribution is 0.0920. The Kier molecular flexibility index (Phi) is 4.49. The van der Waals surface area contributed by atoms with E-state index in [-0.39, 0.29) is 30.9 Å². The summed E-state index contributed by atoms with van der Waals surface area (Å²) >= 11 is 0. The number of ketones is 1. The van der Waals surface area contributed by atoms with E-state index in [0.29, 0.717) is 28.5 Å². The predicted octanol–water partition coefficient (Wildman–Crippen LogP) is 3.52. The molecule has 0 saturated carbocycles. The fourth-order valence-electron chi connectivity index (χ4n) is 2.54. The van der Waals surface area contributed by atoms with Crippen LogP contribution in [0.25, 0.3) is 0 Å². The van der Waals surface area contributed by atoms with Crippen LogP contribution in [-0.4, -0.2) is 25.1 Å². The highest BCUT2D eigenvalue weighted by Gasteiger charge is 2.16. The van der Waals surface area contributed by atoms with Gasteiger partial charge in [0.25, 0.3) is 5.91 Å². The largest absolute Gasteiger partial charge is 0.485 e. The third-order valence-electron chi connectivity index (χ3n) is 3.92. The van der Waals surface area contributed by atoms with Crippen molar-refractivity contribution in [2.45, 2.75) is 0 Å². The number of nitrogens with one attached hydrogen (secondary N) is 1. The van der Waals surface area contributed by atoms with Crippen molar-refractivity contribution in [2.75, 3.05) is 18.7 Å². The van der Waals surface area contributed by atoms with Gasteiger partial charge < -0.3 is 23.9 Å². The minimum absolute atomic E-state index is 0.113. The van der Waals surface area contributed by atoms with Crippen molar-refractivity contribution >= 4 is 17.4 Å². The Morgan fingerprint density at radius 2 is 1.81 bits per heavy atom. The van der Waals surface area contributed by atoms with Gasteiger partial charge in [-0.15, -0.1) is 0 Å². The van der Waals surface area contributed by atoms with Gasteiger partial charge in [-0.2, -0.15) is 0 Å². The van der Waals surface area contributed by atoms with E-state index in [1.165, 1.54) is 6.26 Å². The fourth-order valence-corrected chi connectivity index (χ4v) is 2.54. The van der Waals surface area contributed by atoms with Crippen molar-refractivity contribution < 1.29 is 28.2 Å². The Labute approximate surface area is 154 Å². The van der Waals surface area contributed by atoms with Crippen LogP contribution < -0.4 is 19.5 Å². The first-order valence-electron chi connectivity index (χ1n) is 8.19. The predicted molar refractivity (Wildman–Crippen MR) is 95.5 cm³/mol. The van der Waals surface area contributed by atoms with Crippen molar-refractivity contribution in [1.82, 2.24) is 0 Å². The summed E-state index contributed by atoms with van der Waals surface area (Å²) in [4.78, 5) is 24.2. The maximum absolute atomic E-state index is 12.3. The number of hydrogen-bond acceptors (Lipinski definition) is 6.